The van der Waals surface area contributed by atoms with Gasteiger partial charge in [0.25, 0.3) is 0 Å². The van der Waals surface area contributed by atoms with Crippen molar-refractivity contribution in [2.24, 2.45) is 0 Å². The molecule has 16 heavy (non-hydrogen) atoms. The minimum absolute atomic E-state index is 0.420. The Morgan fingerprint density at radius 3 is 3.25 bits per heavy atom. The van der Waals surface area contributed by atoms with E-state index in [-0.39, 0.29) is 0 Å². The summed E-state index contributed by atoms with van der Waals surface area (Å²) in [7, 11) is 0. The molecule has 2 heterocycles. The summed E-state index contributed by atoms with van der Waals surface area (Å²) in [6.45, 7) is 4.03. The van der Waals surface area contributed by atoms with Gasteiger partial charge in [0.1, 0.15) is 5.01 Å². The molecule has 1 fully saturated rings. The van der Waals surface area contributed by atoms with Crippen LogP contribution in [-0.4, -0.2) is 24.2 Å². The fourth-order valence-electron chi connectivity index (χ4n) is 2.13. The quantitative estimate of drug-likeness (QED) is 0.878. The third-order valence-corrected chi connectivity index (χ3v) is 3.94. The molecule has 0 saturated carbocycles. The van der Waals surface area contributed by atoms with Crippen LogP contribution in [0.3, 0.4) is 0 Å². The lowest BCUT2D eigenvalue weighted by molar-refractivity contribution is 0.142. The van der Waals surface area contributed by atoms with E-state index in [1.807, 2.05) is 6.20 Å². The molecule has 1 saturated heterocycles. The lowest BCUT2D eigenvalue weighted by atomic mass is 10.1. The van der Waals surface area contributed by atoms with Crippen molar-refractivity contribution in [3.63, 3.8) is 0 Å². The molecule has 3 nitrogen and oxygen atoms in total. The van der Waals surface area contributed by atoms with E-state index in [0.717, 1.165) is 26.1 Å². The first kappa shape index (κ1) is 12.0. The molecule has 0 aromatic carbocycles. The van der Waals surface area contributed by atoms with E-state index in [0.29, 0.717) is 12.1 Å². The van der Waals surface area contributed by atoms with Gasteiger partial charge in [-0.1, -0.05) is 6.92 Å². The number of thiazole rings is 1. The van der Waals surface area contributed by atoms with Gasteiger partial charge < -0.3 is 10.1 Å². The Labute approximate surface area is 101 Å². The van der Waals surface area contributed by atoms with Crippen LogP contribution in [0, 0.1) is 0 Å². The maximum Gasteiger partial charge on any atom is 0.109 e. The van der Waals surface area contributed by atoms with Crippen LogP contribution in [0.4, 0.5) is 0 Å². The normalized spacial score (nSPS) is 23.9. The van der Waals surface area contributed by atoms with E-state index in [1.165, 1.54) is 17.8 Å². The molecule has 0 radical (unpaired) electrons. The van der Waals surface area contributed by atoms with Crippen molar-refractivity contribution in [3.05, 3.63) is 16.6 Å². The van der Waals surface area contributed by atoms with E-state index in [1.54, 1.807) is 11.3 Å². The predicted octanol–water partition coefficient (Wildman–Crippen LogP) is 2.75. The van der Waals surface area contributed by atoms with Gasteiger partial charge in [0.05, 0.1) is 6.04 Å². The Hall–Kier alpha value is -0.450. The van der Waals surface area contributed by atoms with Crippen molar-refractivity contribution in [2.45, 2.75) is 44.7 Å². The molecular formula is C12H20N2OS. The van der Waals surface area contributed by atoms with Crippen LogP contribution in [0.1, 0.15) is 43.7 Å². The van der Waals surface area contributed by atoms with Crippen molar-refractivity contribution < 1.29 is 4.74 Å². The molecule has 0 spiro atoms. The van der Waals surface area contributed by atoms with E-state index < -0.39 is 0 Å². The first-order valence-corrected chi connectivity index (χ1v) is 7.01. The number of nitrogens with one attached hydrogen (secondary N) is 1. The highest BCUT2D eigenvalue weighted by Gasteiger charge is 2.18. The molecule has 1 N–H and O–H groups in total. The zero-order valence-electron chi connectivity index (χ0n) is 9.82. The van der Waals surface area contributed by atoms with E-state index in [9.17, 15) is 0 Å². The summed E-state index contributed by atoms with van der Waals surface area (Å²) >= 11 is 1.74. The average molecular weight is 240 g/mol. The molecule has 0 bridgehead atoms. The summed E-state index contributed by atoms with van der Waals surface area (Å²) in [6, 6.07) is 1.01. The van der Waals surface area contributed by atoms with Crippen molar-refractivity contribution in [1.82, 2.24) is 10.3 Å². The van der Waals surface area contributed by atoms with Crippen LogP contribution >= 0.6 is 11.3 Å². The second kappa shape index (κ2) is 6.33. The topological polar surface area (TPSA) is 34.1 Å². The number of nitrogens with zero attached hydrogens (tertiary/aromatic N) is 1. The van der Waals surface area contributed by atoms with Gasteiger partial charge in [0.15, 0.2) is 0 Å². The number of aromatic nitrogens is 1. The van der Waals surface area contributed by atoms with Crippen LogP contribution in [0.2, 0.25) is 0 Å². The van der Waals surface area contributed by atoms with Gasteiger partial charge in [-0.15, -0.1) is 11.3 Å². The summed E-state index contributed by atoms with van der Waals surface area (Å²) in [5, 5.41) is 6.98. The molecule has 1 aliphatic rings. The Balaban J connectivity index is 1.90. The number of hydrogen-bond acceptors (Lipinski definition) is 4. The van der Waals surface area contributed by atoms with E-state index in [4.69, 9.17) is 4.74 Å². The lowest BCUT2D eigenvalue weighted by Gasteiger charge is -2.22. The van der Waals surface area contributed by atoms with Crippen molar-refractivity contribution in [3.8, 4) is 0 Å². The Morgan fingerprint density at radius 1 is 1.56 bits per heavy atom. The second-order valence-corrected chi connectivity index (χ2v) is 5.16. The fourth-order valence-corrected chi connectivity index (χ4v) is 2.91. The summed E-state index contributed by atoms with van der Waals surface area (Å²) in [4.78, 5) is 4.40. The molecule has 0 aliphatic carbocycles. The average Bonchev–Trinajstić information content (AvgIpc) is 2.71. The molecule has 1 aromatic rings. The molecule has 2 unspecified atom stereocenters. The smallest absolute Gasteiger partial charge is 0.109 e. The zero-order chi connectivity index (χ0) is 11.2. The highest BCUT2D eigenvalue weighted by Crippen LogP contribution is 2.21. The summed E-state index contributed by atoms with van der Waals surface area (Å²) in [5.41, 5.74) is 0. The summed E-state index contributed by atoms with van der Waals surface area (Å²) < 4.78 is 5.48. The Morgan fingerprint density at radius 2 is 2.50 bits per heavy atom. The molecule has 0 amide bonds. The van der Waals surface area contributed by atoms with Crippen LogP contribution in [0.5, 0.6) is 0 Å². The standard InChI is InChI=1S/C12H20N2OS/c1-2-11(12-13-6-9-16-12)14-10-4-3-7-15-8-5-10/h6,9-11,14H,2-5,7-8H2,1H3. The van der Waals surface area contributed by atoms with Gasteiger partial charge in [-0.05, 0) is 25.7 Å². The zero-order valence-corrected chi connectivity index (χ0v) is 10.6. The fraction of sp³-hybridized carbons (Fsp3) is 0.750. The second-order valence-electron chi connectivity index (χ2n) is 4.24. The van der Waals surface area contributed by atoms with Crippen LogP contribution < -0.4 is 5.32 Å². The molecule has 1 aromatic heterocycles. The monoisotopic (exact) mass is 240 g/mol. The largest absolute Gasteiger partial charge is 0.381 e. The van der Waals surface area contributed by atoms with Crippen LogP contribution in [0.15, 0.2) is 11.6 Å². The maximum absolute atomic E-state index is 5.48. The molecular weight excluding hydrogens is 220 g/mol. The molecule has 4 heteroatoms. The van der Waals surface area contributed by atoms with Gasteiger partial charge in [-0.25, -0.2) is 4.98 Å². The number of hydrogen-bond donors (Lipinski definition) is 1. The first-order chi connectivity index (χ1) is 7.90. The summed E-state index contributed by atoms with van der Waals surface area (Å²) in [5.74, 6) is 0. The van der Waals surface area contributed by atoms with Gasteiger partial charge in [0.2, 0.25) is 0 Å². The SMILES string of the molecule is CCC(NC1CCCOCC1)c1nccs1. The highest BCUT2D eigenvalue weighted by atomic mass is 32.1. The Bertz CT molecular complexity index is 281. The molecule has 2 atom stereocenters. The van der Waals surface area contributed by atoms with E-state index >= 15 is 0 Å². The third-order valence-electron chi connectivity index (χ3n) is 3.05. The Kier molecular flexibility index (Phi) is 4.75. The van der Waals surface area contributed by atoms with Gasteiger partial charge >= 0.3 is 0 Å². The number of ether oxygens (including phenoxy) is 1. The molecule has 90 valence electrons. The minimum atomic E-state index is 0.420. The number of rotatable bonds is 4. The van der Waals surface area contributed by atoms with E-state index in [2.05, 4.69) is 22.6 Å². The van der Waals surface area contributed by atoms with Crippen LogP contribution in [-0.2, 0) is 4.74 Å². The first-order valence-electron chi connectivity index (χ1n) is 6.13. The summed E-state index contributed by atoms with van der Waals surface area (Å²) in [6.07, 6.45) is 6.52. The lowest BCUT2D eigenvalue weighted by Crippen LogP contribution is -2.32. The van der Waals surface area contributed by atoms with Gasteiger partial charge in [0, 0.05) is 30.8 Å². The minimum Gasteiger partial charge on any atom is -0.381 e. The van der Waals surface area contributed by atoms with Crippen molar-refractivity contribution in [1.29, 1.82) is 0 Å². The predicted molar refractivity (Wildman–Crippen MR) is 66.7 cm³/mol. The van der Waals surface area contributed by atoms with Gasteiger partial charge in [-0.2, -0.15) is 0 Å². The van der Waals surface area contributed by atoms with Gasteiger partial charge in [-0.3, -0.25) is 0 Å². The highest BCUT2D eigenvalue weighted by molar-refractivity contribution is 7.09. The van der Waals surface area contributed by atoms with Crippen molar-refractivity contribution in [2.75, 3.05) is 13.2 Å². The van der Waals surface area contributed by atoms with Crippen molar-refractivity contribution >= 4 is 11.3 Å². The maximum atomic E-state index is 5.48. The van der Waals surface area contributed by atoms with Crippen LogP contribution in [0.25, 0.3) is 0 Å². The molecule has 2 rings (SSSR count). The third kappa shape index (κ3) is 3.27. The molecule has 1 aliphatic heterocycles.